The Morgan fingerprint density at radius 1 is 1.15 bits per heavy atom. The zero-order valence-corrected chi connectivity index (χ0v) is 14.5. The molecule has 26 heavy (non-hydrogen) atoms. The molecule has 0 amide bonds. The third-order valence-corrected chi connectivity index (χ3v) is 3.87. The molecule has 0 bridgehead atoms. The summed E-state index contributed by atoms with van der Waals surface area (Å²) >= 11 is 0. The van der Waals surface area contributed by atoms with Crippen LogP contribution in [0.25, 0.3) is 0 Å². The van der Waals surface area contributed by atoms with Gasteiger partial charge in [0.05, 0.1) is 24.3 Å². The maximum absolute atomic E-state index is 12.4. The van der Waals surface area contributed by atoms with Gasteiger partial charge in [-0.15, -0.1) is 0 Å². The first-order valence-corrected chi connectivity index (χ1v) is 7.84. The molecule has 0 aliphatic rings. The Morgan fingerprint density at radius 3 is 2.15 bits per heavy atom. The minimum atomic E-state index is -1.29. The Balaban J connectivity index is 3.66. The van der Waals surface area contributed by atoms with Crippen molar-refractivity contribution in [3.05, 3.63) is 47.2 Å². The van der Waals surface area contributed by atoms with Gasteiger partial charge < -0.3 is 10.5 Å². The number of nitrogens with zero attached hydrogens (tertiary/aromatic N) is 3. The van der Waals surface area contributed by atoms with Crippen LogP contribution in [0.2, 0.25) is 0 Å². The van der Waals surface area contributed by atoms with Gasteiger partial charge in [0.2, 0.25) is 0 Å². The third kappa shape index (κ3) is 4.47. The molecule has 0 aliphatic heterocycles. The normalized spacial score (nSPS) is 13.0. The van der Waals surface area contributed by atoms with Gasteiger partial charge in [0.1, 0.15) is 29.4 Å². The molecule has 7 heteroatoms. The number of hydrogen-bond donors (Lipinski definition) is 1. The van der Waals surface area contributed by atoms with Crippen molar-refractivity contribution in [1.82, 2.24) is 0 Å². The fourth-order valence-corrected chi connectivity index (χ4v) is 2.70. The second-order valence-corrected chi connectivity index (χ2v) is 5.44. The molecule has 0 spiro atoms. The van der Waals surface area contributed by atoms with Gasteiger partial charge in [-0.1, -0.05) is 30.3 Å². The van der Waals surface area contributed by atoms with E-state index in [0.717, 1.165) is 0 Å². The highest BCUT2D eigenvalue weighted by Crippen LogP contribution is 2.37. The number of carbonyl (C=O) groups excluding carboxylic acids is 2. The van der Waals surface area contributed by atoms with Crippen LogP contribution >= 0.6 is 0 Å². The predicted octanol–water partition coefficient (Wildman–Crippen LogP) is 1.94. The molecule has 0 fully saturated rings. The first-order chi connectivity index (χ1) is 12.4. The number of rotatable bonds is 7. The Morgan fingerprint density at radius 2 is 1.73 bits per heavy atom. The Labute approximate surface area is 151 Å². The number of carbonyl (C=O) groups is 2. The lowest BCUT2D eigenvalue weighted by atomic mass is 9.74. The molecule has 132 valence electrons. The van der Waals surface area contributed by atoms with Gasteiger partial charge >= 0.3 is 5.97 Å². The van der Waals surface area contributed by atoms with Crippen LogP contribution in [0.4, 0.5) is 0 Å². The lowest BCUT2D eigenvalue weighted by Gasteiger charge is -2.28. The van der Waals surface area contributed by atoms with Crippen LogP contribution in [-0.4, -0.2) is 18.4 Å². The van der Waals surface area contributed by atoms with Crippen molar-refractivity contribution in [3.63, 3.8) is 0 Å². The molecule has 0 saturated carbocycles. The summed E-state index contributed by atoms with van der Waals surface area (Å²) in [5, 5.41) is 27.8. The molecule has 0 aromatic heterocycles. The fourth-order valence-electron chi connectivity index (χ4n) is 2.70. The van der Waals surface area contributed by atoms with Crippen LogP contribution in [-0.2, 0) is 14.3 Å². The number of allylic oxidation sites excluding steroid dienone is 2. The van der Waals surface area contributed by atoms with E-state index in [1.165, 1.54) is 6.92 Å². The van der Waals surface area contributed by atoms with Crippen LogP contribution in [0.3, 0.4) is 0 Å². The highest BCUT2D eigenvalue weighted by Gasteiger charge is 2.41. The Bertz CT molecular complexity index is 809. The lowest BCUT2D eigenvalue weighted by Crippen LogP contribution is -2.36. The maximum Gasteiger partial charge on any atom is 0.317 e. The minimum Gasteiger partial charge on any atom is -0.465 e. The molecule has 1 aromatic carbocycles. The largest absolute Gasteiger partial charge is 0.465 e. The zero-order valence-electron chi connectivity index (χ0n) is 14.5. The molecule has 1 aromatic rings. The topological polar surface area (TPSA) is 141 Å². The van der Waals surface area contributed by atoms with E-state index in [9.17, 15) is 14.9 Å². The molecule has 0 saturated heterocycles. The Kier molecular flexibility index (Phi) is 7.55. The molecule has 0 unspecified atom stereocenters. The SMILES string of the molecule is CCOC(=O)[C@H](C(C)=O)[C@@H](c1ccccc1)[C@@H](C#N)C(N)=C(C#N)C#N. The van der Waals surface area contributed by atoms with Gasteiger partial charge in [0.25, 0.3) is 0 Å². The van der Waals surface area contributed by atoms with E-state index in [-0.39, 0.29) is 12.3 Å². The summed E-state index contributed by atoms with van der Waals surface area (Å²) in [4.78, 5) is 24.6. The van der Waals surface area contributed by atoms with Gasteiger partial charge in [0.15, 0.2) is 0 Å². The molecule has 1 rings (SSSR count). The standard InChI is InChI=1S/C19H18N4O3/c1-3-26-19(25)16(12(2)24)17(13-7-5-4-6-8-13)15(11-22)18(23)14(9-20)10-21/h4-8,15-17H,3,23H2,1-2H3/t15-,16-,17+/m1/s1. The van der Waals surface area contributed by atoms with Crippen molar-refractivity contribution in [2.75, 3.05) is 6.61 Å². The smallest absolute Gasteiger partial charge is 0.317 e. The molecular formula is C19H18N4O3. The monoisotopic (exact) mass is 350 g/mol. The van der Waals surface area contributed by atoms with Gasteiger partial charge in [-0.25, -0.2) is 0 Å². The third-order valence-electron chi connectivity index (χ3n) is 3.87. The molecule has 2 N–H and O–H groups in total. The number of nitriles is 3. The quantitative estimate of drug-likeness (QED) is 0.450. The van der Waals surface area contributed by atoms with E-state index in [2.05, 4.69) is 0 Å². The molecular weight excluding hydrogens is 332 g/mol. The van der Waals surface area contributed by atoms with Crippen molar-refractivity contribution >= 4 is 11.8 Å². The van der Waals surface area contributed by atoms with Gasteiger partial charge in [0, 0.05) is 5.92 Å². The van der Waals surface area contributed by atoms with Crippen molar-refractivity contribution in [2.24, 2.45) is 17.6 Å². The second-order valence-electron chi connectivity index (χ2n) is 5.44. The van der Waals surface area contributed by atoms with Crippen LogP contribution in [0.1, 0.15) is 25.3 Å². The average Bonchev–Trinajstić information content (AvgIpc) is 2.63. The van der Waals surface area contributed by atoms with Crippen LogP contribution in [0.15, 0.2) is 41.6 Å². The van der Waals surface area contributed by atoms with E-state index in [0.29, 0.717) is 5.56 Å². The zero-order chi connectivity index (χ0) is 19.7. The first kappa shape index (κ1) is 20.4. The van der Waals surface area contributed by atoms with Gasteiger partial charge in [-0.05, 0) is 19.4 Å². The summed E-state index contributed by atoms with van der Waals surface area (Å²) in [6.07, 6.45) is 0. The number of Topliss-reactive ketones (excluding diaryl/α,β-unsaturated/α-hetero) is 1. The van der Waals surface area contributed by atoms with Gasteiger partial charge in [-0.2, -0.15) is 15.8 Å². The lowest BCUT2D eigenvalue weighted by molar-refractivity contribution is -0.152. The van der Waals surface area contributed by atoms with Crippen molar-refractivity contribution in [1.29, 1.82) is 15.8 Å². The average molecular weight is 350 g/mol. The summed E-state index contributed by atoms with van der Waals surface area (Å²) in [6, 6.07) is 13.6. The van der Waals surface area contributed by atoms with E-state index in [1.807, 2.05) is 6.07 Å². The number of ether oxygens (including phenoxy) is 1. The molecule has 7 nitrogen and oxygen atoms in total. The summed E-state index contributed by atoms with van der Waals surface area (Å²) in [6.45, 7) is 2.89. The highest BCUT2D eigenvalue weighted by atomic mass is 16.5. The van der Waals surface area contributed by atoms with E-state index < -0.39 is 35.1 Å². The minimum absolute atomic E-state index is 0.0638. The van der Waals surface area contributed by atoms with E-state index >= 15 is 0 Å². The fraction of sp³-hybridized carbons (Fsp3) is 0.316. The van der Waals surface area contributed by atoms with Crippen LogP contribution in [0, 0.1) is 45.8 Å². The van der Waals surface area contributed by atoms with Crippen LogP contribution in [0.5, 0.6) is 0 Å². The summed E-state index contributed by atoms with van der Waals surface area (Å²) in [5.74, 6) is -4.79. The second kappa shape index (κ2) is 9.61. The predicted molar refractivity (Wildman–Crippen MR) is 91.5 cm³/mol. The first-order valence-electron chi connectivity index (χ1n) is 7.84. The van der Waals surface area contributed by atoms with E-state index in [4.69, 9.17) is 21.0 Å². The van der Waals surface area contributed by atoms with E-state index in [1.54, 1.807) is 49.4 Å². The van der Waals surface area contributed by atoms with Gasteiger partial charge in [-0.3, -0.25) is 9.59 Å². The summed E-state index contributed by atoms with van der Waals surface area (Å²) in [7, 11) is 0. The summed E-state index contributed by atoms with van der Waals surface area (Å²) < 4.78 is 5.00. The number of benzene rings is 1. The number of hydrogen-bond acceptors (Lipinski definition) is 7. The Hall–Kier alpha value is -3.63. The maximum atomic E-state index is 12.4. The van der Waals surface area contributed by atoms with Crippen molar-refractivity contribution in [2.45, 2.75) is 19.8 Å². The molecule has 0 aliphatic carbocycles. The van der Waals surface area contributed by atoms with Crippen LogP contribution < -0.4 is 5.73 Å². The number of esters is 1. The molecule has 0 heterocycles. The number of nitrogens with two attached hydrogens (primary N) is 1. The highest BCUT2D eigenvalue weighted by molar-refractivity contribution is 5.99. The molecule has 3 atom stereocenters. The van der Waals surface area contributed by atoms with Crippen molar-refractivity contribution in [3.8, 4) is 18.2 Å². The van der Waals surface area contributed by atoms with Crippen molar-refractivity contribution < 1.29 is 14.3 Å². The summed E-state index contributed by atoms with van der Waals surface area (Å²) in [5.41, 5.74) is 5.69. The number of ketones is 1. The molecule has 0 radical (unpaired) electrons.